The lowest BCUT2D eigenvalue weighted by molar-refractivity contribution is 0.643. The Kier molecular flexibility index (Phi) is 4.43. The molecule has 1 N–H and O–H groups in total. The zero-order chi connectivity index (χ0) is 15.2. The van der Waals surface area contributed by atoms with Crippen LogP contribution in [0.1, 0.15) is 16.7 Å². The predicted molar refractivity (Wildman–Crippen MR) is 88.3 cm³/mol. The molecule has 3 aromatic rings. The summed E-state index contributed by atoms with van der Waals surface area (Å²) in [6.07, 6.45) is 2.89. The molecular formula is C19H17N3. The van der Waals surface area contributed by atoms with E-state index in [1.807, 2.05) is 42.6 Å². The van der Waals surface area contributed by atoms with Crippen molar-refractivity contribution in [2.45, 2.75) is 13.0 Å². The first-order chi connectivity index (χ1) is 10.9. The van der Waals surface area contributed by atoms with Gasteiger partial charge in [-0.3, -0.25) is 4.98 Å². The molecule has 0 spiro atoms. The van der Waals surface area contributed by atoms with E-state index in [1.54, 1.807) is 0 Å². The quantitative estimate of drug-likeness (QED) is 0.689. The first-order valence-corrected chi connectivity index (χ1v) is 7.39. The van der Waals surface area contributed by atoms with Crippen molar-refractivity contribution in [2.24, 2.45) is 0 Å². The van der Waals surface area contributed by atoms with Crippen LogP contribution in [-0.4, -0.2) is 11.5 Å². The van der Waals surface area contributed by atoms with Gasteiger partial charge >= 0.3 is 0 Å². The topological polar surface area (TPSA) is 48.7 Å². The van der Waals surface area contributed by atoms with Crippen molar-refractivity contribution in [3.63, 3.8) is 0 Å². The molecule has 0 radical (unpaired) electrons. The lowest BCUT2D eigenvalue weighted by atomic mass is 9.99. The molecule has 0 atom stereocenters. The molecule has 108 valence electrons. The average Bonchev–Trinajstić information content (AvgIpc) is 2.62. The number of nitrogens with one attached hydrogen (secondary N) is 1. The molecule has 2 heterocycles. The van der Waals surface area contributed by atoms with Gasteiger partial charge in [-0.1, -0.05) is 30.3 Å². The van der Waals surface area contributed by atoms with E-state index in [0.717, 1.165) is 30.6 Å². The van der Waals surface area contributed by atoms with Crippen molar-refractivity contribution >= 4 is 10.9 Å². The summed E-state index contributed by atoms with van der Waals surface area (Å²) in [7, 11) is 0. The van der Waals surface area contributed by atoms with Gasteiger partial charge < -0.3 is 5.32 Å². The van der Waals surface area contributed by atoms with E-state index in [1.165, 1.54) is 16.5 Å². The number of rotatable bonds is 0. The van der Waals surface area contributed by atoms with Gasteiger partial charge in [0.1, 0.15) is 0 Å². The van der Waals surface area contributed by atoms with Crippen molar-refractivity contribution in [1.29, 1.82) is 5.26 Å². The van der Waals surface area contributed by atoms with E-state index >= 15 is 0 Å². The molecular weight excluding hydrogens is 270 g/mol. The number of nitriles is 1. The largest absolute Gasteiger partial charge is 0.312 e. The standard InChI is InChI=1S/C10H10N2.C9H7N/c11-6-8-1-2-9-3-4-12-7-10(9)5-8;1-2-6-9-8(4-1)5-3-7-10-9/h1-2,5,12H,3-4,7H2;1-7H. The Bertz CT molecular complexity index is 753. The number of pyridine rings is 1. The third-order valence-electron chi connectivity index (χ3n) is 3.73. The highest BCUT2D eigenvalue weighted by atomic mass is 14.9. The Labute approximate surface area is 130 Å². The van der Waals surface area contributed by atoms with Gasteiger partial charge in [-0.15, -0.1) is 0 Å². The smallest absolute Gasteiger partial charge is 0.0991 e. The Balaban J connectivity index is 0.000000133. The molecule has 0 fully saturated rings. The Hall–Kier alpha value is -2.70. The van der Waals surface area contributed by atoms with E-state index in [9.17, 15) is 0 Å². The van der Waals surface area contributed by atoms with Gasteiger partial charge in [-0.25, -0.2) is 0 Å². The maximum absolute atomic E-state index is 8.67. The van der Waals surface area contributed by atoms with Crippen molar-refractivity contribution in [1.82, 2.24) is 10.3 Å². The molecule has 0 unspecified atom stereocenters. The minimum Gasteiger partial charge on any atom is -0.312 e. The Morgan fingerprint density at radius 3 is 2.73 bits per heavy atom. The number of nitrogens with zero attached hydrogens (tertiary/aromatic N) is 2. The van der Waals surface area contributed by atoms with Gasteiger partial charge in [0, 0.05) is 18.1 Å². The van der Waals surface area contributed by atoms with Crippen LogP contribution in [0.2, 0.25) is 0 Å². The number of hydrogen-bond donors (Lipinski definition) is 1. The molecule has 2 aromatic carbocycles. The molecule has 0 aliphatic carbocycles. The molecule has 0 bridgehead atoms. The number of aromatic nitrogens is 1. The summed E-state index contributed by atoms with van der Waals surface area (Å²) in [6, 6.07) is 20.2. The van der Waals surface area contributed by atoms with Crippen molar-refractivity contribution in [3.05, 3.63) is 77.5 Å². The van der Waals surface area contributed by atoms with Gasteiger partial charge in [0.05, 0.1) is 17.1 Å². The van der Waals surface area contributed by atoms with Crippen LogP contribution in [0.15, 0.2) is 60.8 Å². The van der Waals surface area contributed by atoms with Gasteiger partial charge in [0.15, 0.2) is 0 Å². The molecule has 3 nitrogen and oxygen atoms in total. The summed E-state index contributed by atoms with van der Waals surface area (Å²) in [5, 5.41) is 13.2. The molecule has 1 aliphatic rings. The Morgan fingerprint density at radius 2 is 1.86 bits per heavy atom. The second-order valence-corrected chi connectivity index (χ2v) is 5.22. The first-order valence-electron chi connectivity index (χ1n) is 7.39. The van der Waals surface area contributed by atoms with Crippen LogP contribution in [0, 0.1) is 11.3 Å². The highest BCUT2D eigenvalue weighted by Crippen LogP contribution is 2.15. The minimum atomic E-state index is 0.762. The summed E-state index contributed by atoms with van der Waals surface area (Å²) in [6.45, 7) is 1.96. The van der Waals surface area contributed by atoms with Crippen LogP contribution in [0.3, 0.4) is 0 Å². The summed E-state index contributed by atoms with van der Waals surface area (Å²) in [4.78, 5) is 4.18. The maximum atomic E-state index is 8.67. The monoisotopic (exact) mass is 287 g/mol. The second-order valence-electron chi connectivity index (χ2n) is 5.22. The number of benzene rings is 2. The average molecular weight is 287 g/mol. The van der Waals surface area contributed by atoms with Crippen molar-refractivity contribution in [2.75, 3.05) is 6.54 Å². The molecule has 22 heavy (non-hydrogen) atoms. The fourth-order valence-electron chi connectivity index (χ4n) is 2.57. The van der Waals surface area contributed by atoms with Crippen molar-refractivity contribution < 1.29 is 0 Å². The van der Waals surface area contributed by atoms with Crippen LogP contribution in [0.4, 0.5) is 0 Å². The van der Waals surface area contributed by atoms with E-state index in [0.29, 0.717) is 0 Å². The second kappa shape index (κ2) is 6.84. The fraction of sp³-hybridized carbons (Fsp3) is 0.158. The lowest BCUT2D eigenvalue weighted by Crippen LogP contribution is -2.23. The predicted octanol–water partition coefficient (Wildman–Crippen LogP) is 3.44. The molecule has 0 saturated heterocycles. The molecule has 3 heteroatoms. The van der Waals surface area contributed by atoms with Gasteiger partial charge in [-0.2, -0.15) is 5.26 Å². The summed E-state index contributed by atoms with van der Waals surface area (Å²) in [5.74, 6) is 0. The normalized spacial score (nSPS) is 12.7. The molecule has 1 aliphatic heterocycles. The zero-order valence-corrected chi connectivity index (χ0v) is 12.3. The number of hydrogen-bond acceptors (Lipinski definition) is 3. The van der Waals surface area contributed by atoms with E-state index in [-0.39, 0.29) is 0 Å². The number of para-hydroxylation sites is 1. The third kappa shape index (κ3) is 3.30. The van der Waals surface area contributed by atoms with Crippen LogP contribution < -0.4 is 5.32 Å². The van der Waals surface area contributed by atoms with E-state index in [4.69, 9.17) is 5.26 Å². The highest BCUT2D eigenvalue weighted by Gasteiger charge is 2.07. The Morgan fingerprint density at radius 1 is 1.00 bits per heavy atom. The van der Waals surface area contributed by atoms with Crippen molar-refractivity contribution in [3.8, 4) is 6.07 Å². The van der Waals surface area contributed by atoms with Gasteiger partial charge in [0.25, 0.3) is 0 Å². The fourth-order valence-corrected chi connectivity index (χ4v) is 2.57. The van der Waals surface area contributed by atoms with E-state index < -0.39 is 0 Å². The summed E-state index contributed by atoms with van der Waals surface area (Å²) < 4.78 is 0. The summed E-state index contributed by atoms with van der Waals surface area (Å²) in [5.41, 5.74) is 4.48. The highest BCUT2D eigenvalue weighted by molar-refractivity contribution is 5.77. The molecule has 4 rings (SSSR count). The maximum Gasteiger partial charge on any atom is 0.0991 e. The SMILES string of the molecule is N#Cc1ccc2c(c1)CNCC2.c1ccc2ncccc2c1. The van der Waals surface area contributed by atoms with E-state index in [2.05, 4.69) is 34.6 Å². The van der Waals surface area contributed by atoms with Crippen LogP contribution in [-0.2, 0) is 13.0 Å². The molecule has 1 aromatic heterocycles. The lowest BCUT2D eigenvalue weighted by Gasteiger charge is -2.16. The molecule has 0 saturated carbocycles. The van der Waals surface area contributed by atoms with Crippen LogP contribution >= 0.6 is 0 Å². The first kappa shape index (κ1) is 14.2. The van der Waals surface area contributed by atoms with Crippen LogP contribution in [0.25, 0.3) is 10.9 Å². The van der Waals surface area contributed by atoms with Gasteiger partial charge in [0.2, 0.25) is 0 Å². The minimum absolute atomic E-state index is 0.762. The third-order valence-corrected chi connectivity index (χ3v) is 3.73. The zero-order valence-electron chi connectivity index (χ0n) is 12.3. The van der Waals surface area contributed by atoms with Crippen LogP contribution in [0.5, 0.6) is 0 Å². The molecule has 0 amide bonds. The van der Waals surface area contributed by atoms with Gasteiger partial charge in [-0.05, 0) is 48.4 Å². The summed E-state index contributed by atoms with van der Waals surface area (Å²) >= 11 is 0. The number of fused-ring (bicyclic) bond motifs is 2.